The van der Waals surface area contributed by atoms with Crippen molar-refractivity contribution < 1.29 is 19.5 Å². The van der Waals surface area contributed by atoms with Gasteiger partial charge >= 0.3 is 0 Å². The average molecular weight is 385 g/mol. The van der Waals surface area contributed by atoms with Crippen LogP contribution in [0.15, 0.2) is 36.8 Å². The van der Waals surface area contributed by atoms with E-state index in [1.807, 2.05) is 0 Å². The number of hydrogen-bond acceptors (Lipinski definition) is 5. The molecule has 1 saturated heterocycles. The molecule has 2 heterocycles. The molecule has 0 radical (unpaired) electrons. The highest BCUT2D eigenvalue weighted by Gasteiger charge is 2.40. The second-order valence-corrected chi connectivity index (χ2v) is 6.83. The molecule has 28 heavy (non-hydrogen) atoms. The topological polar surface area (TPSA) is 133 Å². The average Bonchev–Trinajstić information content (AvgIpc) is 3.16. The Labute approximate surface area is 162 Å². The van der Waals surface area contributed by atoms with Gasteiger partial charge in [0.2, 0.25) is 17.7 Å². The van der Waals surface area contributed by atoms with Gasteiger partial charge in [0.15, 0.2) is 0 Å². The van der Waals surface area contributed by atoms with Crippen LogP contribution < -0.4 is 5.73 Å². The van der Waals surface area contributed by atoms with Gasteiger partial charge in [0.05, 0.1) is 6.33 Å². The van der Waals surface area contributed by atoms with E-state index in [0.29, 0.717) is 6.54 Å². The number of phenolic OH excluding ortho intramolecular Hbond substituents is 1. The number of imidazole rings is 1. The molecular formula is C19H23N5O4. The van der Waals surface area contributed by atoms with E-state index >= 15 is 0 Å². The maximum Gasteiger partial charge on any atom is 0.246 e. The lowest BCUT2D eigenvalue weighted by atomic mass is 9.99. The van der Waals surface area contributed by atoms with Crippen LogP contribution in [0.5, 0.6) is 5.75 Å². The highest BCUT2D eigenvalue weighted by molar-refractivity contribution is 5.92. The van der Waals surface area contributed by atoms with E-state index in [0.717, 1.165) is 11.3 Å². The van der Waals surface area contributed by atoms with Gasteiger partial charge in [0, 0.05) is 44.7 Å². The Bertz CT molecular complexity index is 850. The molecule has 1 aromatic carbocycles. The number of piperazine rings is 1. The molecule has 0 spiro atoms. The molecule has 9 heteroatoms. The minimum absolute atomic E-state index is 0.116. The highest BCUT2D eigenvalue weighted by Crippen LogP contribution is 2.21. The summed E-state index contributed by atoms with van der Waals surface area (Å²) in [6.07, 6.45) is 3.62. The van der Waals surface area contributed by atoms with Crippen molar-refractivity contribution in [2.75, 3.05) is 13.1 Å². The summed E-state index contributed by atoms with van der Waals surface area (Å²) < 4.78 is 0. The van der Waals surface area contributed by atoms with E-state index in [-0.39, 0.29) is 37.0 Å². The van der Waals surface area contributed by atoms with Crippen molar-refractivity contribution in [3.05, 3.63) is 48.0 Å². The fourth-order valence-electron chi connectivity index (χ4n) is 3.51. The predicted molar refractivity (Wildman–Crippen MR) is 100.0 cm³/mol. The van der Waals surface area contributed by atoms with Gasteiger partial charge in [-0.1, -0.05) is 12.1 Å². The number of aromatic nitrogens is 2. The Balaban J connectivity index is 1.84. The van der Waals surface area contributed by atoms with Gasteiger partial charge in [-0.25, -0.2) is 4.98 Å². The zero-order chi connectivity index (χ0) is 20.3. The first-order valence-electron chi connectivity index (χ1n) is 8.99. The van der Waals surface area contributed by atoms with Crippen LogP contribution in [0.4, 0.5) is 0 Å². The molecule has 0 unspecified atom stereocenters. The molecule has 1 fully saturated rings. The second-order valence-electron chi connectivity index (χ2n) is 6.83. The van der Waals surface area contributed by atoms with Gasteiger partial charge in [0.1, 0.15) is 17.8 Å². The lowest BCUT2D eigenvalue weighted by Crippen LogP contribution is -2.63. The molecule has 4 N–H and O–H groups in total. The number of nitrogens with one attached hydrogen (secondary N) is 1. The lowest BCUT2D eigenvalue weighted by Gasteiger charge is -2.42. The molecule has 3 rings (SSSR count). The number of hydrogen-bond donors (Lipinski definition) is 3. The number of carbonyl (C=O) groups excluding carboxylic acids is 3. The third-order valence-corrected chi connectivity index (χ3v) is 4.97. The first-order valence-corrected chi connectivity index (χ1v) is 8.99. The third kappa shape index (κ3) is 4.13. The van der Waals surface area contributed by atoms with Gasteiger partial charge in [-0.05, 0) is 17.7 Å². The van der Waals surface area contributed by atoms with Crippen molar-refractivity contribution in [2.24, 2.45) is 5.73 Å². The number of benzene rings is 1. The number of amides is 3. The second kappa shape index (κ2) is 8.12. The summed E-state index contributed by atoms with van der Waals surface area (Å²) in [5, 5.41) is 9.43. The Morgan fingerprint density at radius 3 is 2.61 bits per heavy atom. The molecule has 0 bridgehead atoms. The van der Waals surface area contributed by atoms with Crippen LogP contribution >= 0.6 is 0 Å². The molecule has 1 aliphatic heterocycles. The summed E-state index contributed by atoms with van der Waals surface area (Å²) in [5.41, 5.74) is 7.10. The Hall–Kier alpha value is -3.36. The van der Waals surface area contributed by atoms with E-state index in [1.165, 1.54) is 35.2 Å². The lowest BCUT2D eigenvalue weighted by molar-refractivity contribution is -0.154. The third-order valence-electron chi connectivity index (χ3n) is 4.97. The van der Waals surface area contributed by atoms with Crippen LogP contribution in [0.3, 0.4) is 0 Å². The van der Waals surface area contributed by atoms with Gasteiger partial charge in [0.25, 0.3) is 0 Å². The number of H-pyrrole nitrogens is 1. The number of aromatic hydroxyl groups is 1. The van der Waals surface area contributed by atoms with E-state index in [9.17, 15) is 19.5 Å². The number of primary amides is 1. The van der Waals surface area contributed by atoms with Crippen molar-refractivity contribution >= 4 is 17.7 Å². The van der Waals surface area contributed by atoms with Crippen LogP contribution in [0.2, 0.25) is 0 Å². The maximum absolute atomic E-state index is 13.2. The highest BCUT2D eigenvalue weighted by atomic mass is 16.3. The minimum atomic E-state index is -0.838. The molecule has 2 aromatic rings. The molecule has 0 aliphatic carbocycles. The Morgan fingerprint density at radius 2 is 2.04 bits per heavy atom. The fourth-order valence-corrected chi connectivity index (χ4v) is 3.51. The normalized spacial score (nSPS) is 18.2. The Kier molecular flexibility index (Phi) is 5.62. The quantitative estimate of drug-likeness (QED) is 0.634. The first-order chi connectivity index (χ1) is 13.4. The smallest absolute Gasteiger partial charge is 0.246 e. The van der Waals surface area contributed by atoms with Crippen LogP contribution in [-0.4, -0.2) is 67.8 Å². The van der Waals surface area contributed by atoms with Crippen molar-refractivity contribution in [1.29, 1.82) is 0 Å². The number of carbonyl (C=O) groups is 3. The summed E-state index contributed by atoms with van der Waals surface area (Å²) in [6.45, 7) is 1.97. The number of aromatic amines is 1. The largest absolute Gasteiger partial charge is 0.508 e. The first kappa shape index (κ1) is 19.4. The van der Waals surface area contributed by atoms with Crippen LogP contribution in [0, 0.1) is 0 Å². The van der Waals surface area contributed by atoms with Crippen molar-refractivity contribution in [1.82, 2.24) is 19.8 Å². The van der Waals surface area contributed by atoms with Crippen molar-refractivity contribution in [3.63, 3.8) is 0 Å². The molecule has 1 aliphatic rings. The molecule has 1 aromatic heterocycles. The molecule has 148 valence electrons. The van der Waals surface area contributed by atoms with Crippen LogP contribution in [-0.2, 0) is 27.2 Å². The predicted octanol–water partition coefficient (Wildman–Crippen LogP) is -0.186. The molecule has 9 nitrogen and oxygen atoms in total. The maximum atomic E-state index is 13.2. The number of rotatable bonds is 6. The molecular weight excluding hydrogens is 362 g/mol. The van der Waals surface area contributed by atoms with Gasteiger partial charge in [-0.3, -0.25) is 14.4 Å². The van der Waals surface area contributed by atoms with E-state index in [2.05, 4.69) is 9.97 Å². The van der Waals surface area contributed by atoms with Crippen molar-refractivity contribution in [3.8, 4) is 5.75 Å². The number of nitrogens with zero attached hydrogens (tertiary/aromatic N) is 3. The summed E-state index contributed by atoms with van der Waals surface area (Å²) >= 11 is 0. The van der Waals surface area contributed by atoms with E-state index in [1.54, 1.807) is 18.3 Å². The van der Waals surface area contributed by atoms with Gasteiger partial charge in [-0.2, -0.15) is 0 Å². The SMILES string of the molecule is CC(=O)N1CCN([C@@H](Cc2ccc(O)cc2)C(N)=O)C(=O)[C@@H]1Cc1cnc[nH]1. The van der Waals surface area contributed by atoms with Gasteiger partial charge < -0.3 is 25.6 Å². The van der Waals surface area contributed by atoms with Crippen LogP contribution in [0.1, 0.15) is 18.2 Å². The standard InChI is InChI=1S/C19H23N5O4/c1-12(25)23-6-7-24(19(28)17(23)9-14-10-21-11-22-14)16(18(20)27)8-13-2-4-15(26)5-3-13/h2-5,10-11,16-17,26H,6-9H2,1H3,(H2,20,27)(H,21,22)/t16-,17-/m0/s1. The zero-order valence-electron chi connectivity index (χ0n) is 15.5. The van der Waals surface area contributed by atoms with Crippen molar-refractivity contribution in [2.45, 2.75) is 31.8 Å². The van der Waals surface area contributed by atoms with E-state index in [4.69, 9.17) is 5.73 Å². The Morgan fingerprint density at radius 1 is 1.32 bits per heavy atom. The molecule has 3 amide bonds. The molecule has 0 saturated carbocycles. The summed E-state index contributed by atoms with van der Waals surface area (Å²) in [6, 6.07) is 4.84. The monoisotopic (exact) mass is 385 g/mol. The minimum Gasteiger partial charge on any atom is -0.508 e. The van der Waals surface area contributed by atoms with Gasteiger partial charge in [-0.15, -0.1) is 0 Å². The summed E-state index contributed by atoms with van der Waals surface area (Å²) in [7, 11) is 0. The zero-order valence-corrected chi connectivity index (χ0v) is 15.5. The fraction of sp³-hybridized carbons (Fsp3) is 0.368. The summed E-state index contributed by atoms with van der Waals surface area (Å²) in [4.78, 5) is 47.2. The summed E-state index contributed by atoms with van der Waals surface area (Å²) in [5.74, 6) is -1.02. The molecule has 2 atom stereocenters. The number of phenols is 1. The van der Waals surface area contributed by atoms with Crippen LogP contribution in [0.25, 0.3) is 0 Å². The number of nitrogens with two attached hydrogens (primary N) is 1. The van der Waals surface area contributed by atoms with E-state index < -0.39 is 18.0 Å².